The molecule has 0 radical (unpaired) electrons. The first-order chi connectivity index (χ1) is 16.5. The molecule has 34 heavy (non-hydrogen) atoms. The lowest BCUT2D eigenvalue weighted by molar-refractivity contribution is -0.138. The molecule has 1 aromatic heterocycles. The predicted octanol–water partition coefficient (Wildman–Crippen LogP) is 2.30. The standard InChI is InChI=1S/C24H25N5O5/c1-2-21(23(32)25-11-15-12-29(28-27-15)13-22(30)31)26-24(33)34-14-20-18-9-5-3-7-16(18)17-8-4-6-10-19(17)20/h3-10,12,20-21H,2,11,13-14H2,1H3,(H,25,32)(H,26,33)(H,30,31)/t21-/m1/s1. The van der Waals surface area contributed by atoms with Crippen LogP contribution in [0.5, 0.6) is 0 Å². The Hall–Kier alpha value is -4.21. The fourth-order valence-electron chi connectivity index (χ4n) is 4.07. The number of hydrogen-bond acceptors (Lipinski definition) is 6. The number of alkyl carbamates (subject to hydrolysis) is 1. The molecule has 1 aliphatic rings. The third kappa shape index (κ3) is 5.06. The molecular formula is C24H25N5O5. The fourth-order valence-corrected chi connectivity index (χ4v) is 4.07. The Morgan fingerprint density at radius 2 is 1.74 bits per heavy atom. The zero-order valence-electron chi connectivity index (χ0n) is 18.6. The quantitative estimate of drug-likeness (QED) is 0.443. The first kappa shape index (κ1) is 23.0. The third-order valence-electron chi connectivity index (χ3n) is 5.69. The molecule has 10 nitrogen and oxygen atoms in total. The lowest BCUT2D eigenvalue weighted by Crippen LogP contribution is -2.46. The summed E-state index contributed by atoms with van der Waals surface area (Å²) in [5.74, 6) is -1.51. The van der Waals surface area contributed by atoms with E-state index in [1.54, 1.807) is 6.92 Å². The van der Waals surface area contributed by atoms with Gasteiger partial charge in [-0.05, 0) is 28.7 Å². The molecule has 1 heterocycles. The average molecular weight is 463 g/mol. The Labute approximate surface area is 195 Å². The Balaban J connectivity index is 1.31. The Kier molecular flexibility index (Phi) is 6.86. The maximum absolute atomic E-state index is 12.5. The molecule has 1 atom stereocenters. The second-order valence-electron chi connectivity index (χ2n) is 7.95. The highest BCUT2D eigenvalue weighted by Crippen LogP contribution is 2.44. The lowest BCUT2D eigenvalue weighted by Gasteiger charge is -2.18. The van der Waals surface area contributed by atoms with Crippen LogP contribution >= 0.6 is 0 Å². The van der Waals surface area contributed by atoms with Crippen LogP contribution in [-0.2, 0) is 27.4 Å². The fraction of sp³-hybridized carbons (Fsp3) is 0.292. The summed E-state index contributed by atoms with van der Waals surface area (Å²) in [5, 5.41) is 21.6. The normalized spacial score (nSPS) is 13.0. The van der Waals surface area contributed by atoms with Gasteiger partial charge in [0.25, 0.3) is 0 Å². The number of ether oxygens (including phenoxy) is 1. The van der Waals surface area contributed by atoms with E-state index >= 15 is 0 Å². The van der Waals surface area contributed by atoms with E-state index in [1.165, 1.54) is 6.20 Å². The van der Waals surface area contributed by atoms with Gasteiger partial charge in [-0.15, -0.1) is 5.10 Å². The number of nitrogens with one attached hydrogen (secondary N) is 2. The van der Waals surface area contributed by atoms with Crippen molar-refractivity contribution in [2.75, 3.05) is 6.61 Å². The highest BCUT2D eigenvalue weighted by molar-refractivity contribution is 5.85. The van der Waals surface area contributed by atoms with Crippen LogP contribution in [0.2, 0.25) is 0 Å². The van der Waals surface area contributed by atoms with Crippen LogP contribution in [0.3, 0.4) is 0 Å². The molecule has 1 aliphatic carbocycles. The van der Waals surface area contributed by atoms with E-state index < -0.39 is 24.0 Å². The largest absolute Gasteiger partial charge is 0.480 e. The number of carboxylic acids is 1. The molecule has 0 spiro atoms. The summed E-state index contributed by atoms with van der Waals surface area (Å²) in [6, 6.07) is 15.3. The summed E-state index contributed by atoms with van der Waals surface area (Å²) in [6.07, 6.45) is 1.13. The molecule has 4 rings (SSSR count). The number of rotatable bonds is 9. The van der Waals surface area contributed by atoms with Gasteiger partial charge in [-0.3, -0.25) is 9.59 Å². The highest BCUT2D eigenvalue weighted by Gasteiger charge is 2.29. The second-order valence-corrected chi connectivity index (χ2v) is 7.95. The maximum atomic E-state index is 12.5. The van der Waals surface area contributed by atoms with Crippen molar-refractivity contribution >= 4 is 18.0 Å². The number of amides is 2. The van der Waals surface area contributed by atoms with Crippen molar-refractivity contribution in [1.82, 2.24) is 25.6 Å². The summed E-state index contributed by atoms with van der Waals surface area (Å²) in [7, 11) is 0. The van der Waals surface area contributed by atoms with Gasteiger partial charge >= 0.3 is 12.1 Å². The summed E-state index contributed by atoms with van der Waals surface area (Å²) in [4.78, 5) is 35.7. The zero-order valence-corrected chi connectivity index (χ0v) is 18.6. The topological polar surface area (TPSA) is 135 Å². The van der Waals surface area contributed by atoms with Gasteiger partial charge in [0.1, 0.15) is 24.9 Å². The number of carboxylic acid groups (broad SMARTS) is 1. The number of aromatic nitrogens is 3. The molecule has 0 fully saturated rings. The summed E-state index contributed by atoms with van der Waals surface area (Å²) in [5.41, 5.74) is 4.90. The number of hydrogen-bond donors (Lipinski definition) is 3. The van der Waals surface area contributed by atoms with Crippen LogP contribution in [0.4, 0.5) is 4.79 Å². The minimum Gasteiger partial charge on any atom is -0.480 e. The van der Waals surface area contributed by atoms with E-state index in [2.05, 4.69) is 33.1 Å². The van der Waals surface area contributed by atoms with Crippen molar-refractivity contribution in [1.29, 1.82) is 0 Å². The molecule has 2 amide bonds. The molecule has 0 aliphatic heterocycles. The van der Waals surface area contributed by atoms with E-state index in [0.29, 0.717) is 12.1 Å². The van der Waals surface area contributed by atoms with Crippen LogP contribution in [0.1, 0.15) is 36.1 Å². The van der Waals surface area contributed by atoms with Gasteiger partial charge < -0.3 is 20.5 Å². The zero-order chi connectivity index (χ0) is 24.1. The van der Waals surface area contributed by atoms with Crippen LogP contribution in [0.15, 0.2) is 54.7 Å². The van der Waals surface area contributed by atoms with Gasteiger partial charge in [0, 0.05) is 5.92 Å². The van der Waals surface area contributed by atoms with Crippen molar-refractivity contribution in [2.45, 2.75) is 38.4 Å². The first-order valence-electron chi connectivity index (χ1n) is 11.0. The smallest absolute Gasteiger partial charge is 0.407 e. The van der Waals surface area contributed by atoms with Crippen LogP contribution in [-0.4, -0.2) is 50.7 Å². The number of benzene rings is 2. The van der Waals surface area contributed by atoms with Crippen LogP contribution in [0.25, 0.3) is 11.1 Å². The van der Waals surface area contributed by atoms with Gasteiger partial charge in [-0.1, -0.05) is 60.7 Å². The van der Waals surface area contributed by atoms with E-state index in [4.69, 9.17) is 9.84 Å². The molecule has 0 unspecified atom stereocenters. The molecule has 3 N–H and O–H groups in total. The molecule has 3 aromatic rings. The highest BCUT2D eigenvalue weighted by atomic mass is 16.5. The van der Waals surface area contributed by atoms with Gasteiger partial charge in [0.15, 0.2) is 0 Å². The van der Waals surface area contributed by atoms with Crippen molar-refractivity contribution in [2.24, 2.45) is 0 Å². The number of carbonyl (C=O) groups excluding carboxylic acids is 2. The summed E-state index contributed by atoms with van der Waals surface area (Å²) >= 11 is 0. The lowest BCUT2D eigenvalue weighted by atomic mass is 9.98. The third-order valence-corrected chi connectivity index (χ3v) is 5.69. The Morgan fingerprint density at radius 1 is 1.09 bits per heavy atom. The Bertz CT molecular complexity index is 1160. The monoisotopic (exact) mass is 463 g/mol. The van der Waals surface area contributed by atoms with E-state index in [9.17, 15) is 14.4 Å². The van der Waals surface area contributed by atoms with Crippen molar-refractivity contribution < 1.29 is 24.2 Å². The molecule has 0 saturated carbocycles. The van der Waals surface area contributed by atoms with Gasteiger partial charge in [0.2, 0.25) is 5.91 Å². The molecule has 10 heteroatoms. The van der Waals surface area contributed by atoms with Crippen molar-refractivity contribution in [3.63, 3.8) is 0 Å². The molecule has 176 valence electrons. The summed E-state index contributed by atoms with van der Waals surface area (Å²) < 4.78 is 6.68. The van der Waals surface area contributed by atoms with E-state index in [1.807, 2.05) is 36.4 Å². The summed E-state index contributed by atoms with van der Waals surface area (Å²) in [6.45, 7) is 1.67. The molecule has 0 bridgehead atoms. The number of aliphatic carboxylic acids is 1. The van der Waals surface area contributed by atoms with Crippen LogP contribution < -0.4 is 10.6 Å². The number of nitrogens with zero attached hydrogens (tertiary/aromatic N) is 3. The predicted molar refractivity (Wildman–Crippen MR) is 122 cm³/mol. The van der Waals surface area contributed by atoms with Gasteiger partial charge in [-0.2, -0.15) is 0 Å². The van der Waals surface area contributed by atoms with E-state index in [-0.39, 0.29) is 25.6 Å². The van der Waals surface area contributed by atoms with Gasteiger partial charge in [0.05, 0.1) is 12.7 Å². The molecule has 0 saturated heterocycles. The molecule has 2 aromatic carbocycles. The average Bonchev–Trinajstić information content (AvgIpc) is 3.41. The minimum absolute atomic E-state index is 0.0569. The van der Waals surface area contributed by atoms with Crippen LogP contribution in [0, 0.1) is 0 Å². The number of fused-ring (bicyclic) bond motifs is 3. The first-order valence-corrected chi connectivity index (χ1v) is 11.0. The van der Waals surface area contributed by atoms with Crippen molar-refractivity contribution in [3.05, 3.63) is 71.5 Å². The van der Waals surface area contributed by atoms with E-state index in [0.717, 1.165) is 26.9 Å². The Morgan fingerprint density at radius 3 is 2.35 bits per heavy atom. The maximum Gasteiger partial charge on any atom is 0.407 e. The minimum atomic E-state index is -1.04. The second kappa shape index (κ2) is 10.2. The number of carbonyl (C=O) groups is 3. The molecular weight excluding hydrogens is 438 g/mol. The van der Waals surface area contributed by atoms with Crippen molar-refractivity contribution in [3.8, 4) is 11.1 Å². The van der Waals surface area contributed by atoms with Gasteiger partial charge in [-0.25, -0.2) is 9.48 Å². The SMILES string of the molecule is CC[C@@H](NC(=O)OCC1c2ccccc2-c2ccccc21)C(=O)NCc1cn(CC(=O)O)nn1.